The highest BCUT2D eigenvalue weighted by Gasteiger charge is 2.32. The highest BCUT2D eigenvalue weighted by Crippen LogP contribution is 2.30. The van der Waals surface area contributed by atoms with E-state index in [0.29, 0.717) is 6.10 Å². The molecule has 2 rings (SSSR count). The van der Waals surface area contributed by atoms with Crippen LogP contribution in [0.4, 0.5) is 0 Å². The molecule has 0 aromatic rings. The van der Waals surface area contributed by atoms with Gasteiger partial charge < -0.3 is 3.07 Å². The molecule has 1 saturated carbocycles. The van der Waals surface area contributed by atoms with Gasteiger partial charge in [0.15, 0.2) is 0 Å². The van der Waals surface area contributed by atoms with Gasteiger partial charge in [-0.2, -0.15) is 0 Å². The van der Waals surface area contributed by atoms with Gasteiger partial charge in [-0.1, -0.05) is 6.92 Å². The quantitative estimate of drug-likeness (QED) is 0.726. The molecule has 76 valence electrons. The van der Waals surface area contributed by atoms with Gasteiger partial charge in [-0.05, 0) is 31.6 Å². The Morgan fingerprint density at radius 1 is 1.15 bits per heavy atom. The van der Waals surface area contributed by atoms with E-state index in [1.54, 1.807) is 0 Å². The maximum atomic E-state index is 5.34. The first-order chi connectivity index (χ1) is 6.29. The average molecular weight is 295 g/mol. The summed E-state index contributed by atoms with van der Waals surface area (Å²) in [5, 5.41) is 0. The van der Waals surface area contributed by atoms with Crippen LogP contribution in [-0.4, -0.2) is 30.1 Å². The number of hydrogen-bond acceptors (Lipinski definition) is 2. The SMILES string of the molecule is CC1CN(C2CCC(OI)CC2)C1. The van der Waals surface area contributed by atoms with Crippen molar-refractivity contribution in [2.45, 2.75) is 44.8 Å². The highest BCUT2D eigenvalue weighted by atomic mass is 127. The van der Waals surface area contributed by atoms with E-state index in [2.05, 4.69) is 11.8 Å². The van der Waals surface area contributed by atoms with Crippen molar-refractivity contribution in [2.24, 2.45) is 5.92 Å². The summed E-state index contributed by atoms with van der Waals surface area (Å²) in [5.74, 6) is 0.943. The van der Waals surface area contributed by atoms with Crippen LogP contribution in [0.25, 0.3) is 0 Å². The molecule has 2 fully saturated rings. The number of halogens is 1. The Morgan fingerprint density at radius 3 is 2.23 bits per heavy atom. The molecule has 0 aromatic heterocycles. The van der Waals surface area contributed by atoms with Crippen LogP contribution in [0.15, 0.2) is 0 Å². The van der Waals surface area contributed by atoms with Crippen molar-refractivity contribution in [3.8, 4) is 0 Å². The topological polar surface area (TPSA) is 12.5 Å². The second-order valence-electron chi connectivity index (χ2n) is 4.58. The Bertz CT molecular complexity index is 162. The first-order valence-corrected chi connectivity index (χ1v) is 6.19. The van der Waals surface area contributed by atoms with Gasteiger partial charge in [0, 0.05) is 19.1 Å². The van der Waals surface area contributed by atoms with Gasteiger partial charge in [0.25, 0.3) is 0 Å². The third kappa shape index (κ3) is 2.36. The highest BCUT2D eigenvalue weighted by molar-refractivity contribution is 14.1. The lowest BCUT2D eigenvalue weighted by atomic mass is 9.88. The molecule has 13 heavy (non-hydrogen) atoms. The molecule has 0 atom stereocenters. The molecule has 1 aliphatic carbocycles. The molecule has 0 aromatic carbocycles. The van der Waals surface area contributed by atoms with Gasteiger partial charge in [0.05, 0.1) is 6.10 Å². The minimum absolute atomic E-state index is 0.538. The van der Waals surface area contributed by atoms with E-state index in [9.17, 15) is 0 Å². The minimum atomic E-state index is 0.538. The summed E-state index contributed by atoms with van der Waals surface area (Å²) in [6.45, 7) is 5.01. The molecule has 1 aliphatic heterocycles. The maximum Gasteiger partial charge on any atom is 0.110 e. The lowest BCUT2D eigenvalue weighted by Gasteiger charge is -2.45. The molecule has 2 aliphatic rings. The number of nitrogens with zero attached hydrogens (tertiary/aromatic N) is 1. The third-order valence-corrected chi connectivity index (χ3v) is 4.10. The van der Waals surface area contributed by atoms with Crippen molar-refractivity contribution in [3.05, 3.63) is 0 Å². The van der Waals surface area contributed by atoms with Crippen molar-refractivity contribution in [1.82, 2.24) is 4.90 Å². The van der Waals surface area contributed by atoms with Crippen molar-refractivity contribution >= 4 is 23.0 Å². The van der Waals surface area contributed by atoms with Gasteiger partial charge >= 0.3 is 0 Å². The van der Waals surface area contributed by atoms with Crippen LogP contribution in [-0.2, 0) is 3.07 Å². The van der Waals surface area contributed by atoms with Crippen LogP contribution in [0.3, 0.4) is 0 Å². The van der Waals surface area contributed by atoms with E-state index in [-0.39, 0.29) is 0 Å². The van der Waals surface area contributed by atoms with E-state index < -0.39 is 0 Å². The summed E-state index contributed by atoms with van der Waals surface area (Å²) in [7, 11) is 0. The van der Waals surface area contributed by atoms with E-state index in [0.717, 1.165) is 12.0 Å². The fourth-order valence-electron chi connectivity index (χ4n) is 2.54. The summed E-state index contributed by atoms with van der Waals surface area (Å²) in [6, 6.07) is 0.874. The monoisotopic (exact) mass is 295 g/mol. The van der Waals surface area contributed by atoms with Crippen LogP contribution in [0.1, 0.15) is 32.6 Å². The van der Waals surface area contributed by atoms with Gasteiger partial charge in [0.1, 0.15) is 23.0 Å². The van der Waals surface area contributed by atoms with Crippen LogP contribution in [0.2, 0.25) is 0 Å². The fourth-order valence-corrected chi connectivity index (χ4v) is 3.05. The number of rotatable bonds is 2. The van der Waals surface area contributed by atoms with E-state index >= 15 is 0 Å². The number of likely N-dealkylation sites (tertiary alicyclic amines) is 1. The van der Waals surface area contributed by atoms with Crippen LogP contribution < -0.4 is 0 Å². The third-order valence-electron chi connectivity index (χ3n) is 3.38. The lowest BCUT2D eigenvalue weighted by Crippen LogP contribution is -2.52. The Morgan fingerprint density at radius 2 is 1.77 bits per heavy atom. The molecule has 0 amide bonds. The summed E-state index contributed by atoms with van der Waals surface area (Å²) in [5.41, 5.74) is 0. The summed E-state index contributed by atoms with van der Waals surface area (Å²) in [4.78, 5) is 2.65. The maximum absolute atomic E-state index is 5.34. The van der Waals surface area contributed by atoms with E-state index in [4.69, 9.17) is 3.07 Å². The smallest absolute Gasteiger partial charge is 0.110 e. The molecule has 0 spiro atoms. The van der Waals surface area contributed by atoms with Gasteiger partial charge in [-0.25, -0.2) is 0 Å². The van der Waals surface area contributed by atoms with Crippen molar-refractivity contribution < 1.29 is 3.07 Å². The van der Waals surface area contributed by atoms with Crippen LogP contribution in [0, 0.1) is 5.92 Å². The molecule has 0 bridgehead atoms. The van der Waals surface area contributed by atoms with Gasteiger partial charge in [0.2, 0.25) is 0 Å². The Balaban J connectivity index is 1.72. The zero-order valence-electron chi connectivity index (χ0n) is 8.21. The Hall–Kier alpha value is 0.650. The van der Waals surface area contributed by atoms with Crippen molar-refractivity contribution in [1.29, 1.82) is 0 Å². The zero-order chi connectivity index (χ0) is 9.26. The molecule has 3 heteroatoms. The van der Waals surface area contributed by atoms with Crippen molar-refractivity contribution in [3.63, 3.8) is 0 Å². The van der Waals surface area contributed by atoms with Gasteiger partial charge in [-0.15, -0.1) is 0 Å². The standard InChI is InChI=1S/C10H18INO/c1-8-6-12(7-8)9-2-4-10(13-11)5-3-9/h8-10H,2-7H2,1H3. The second kappa shape index (κ2) is 4.45. The molecular formula is C10H18INO. The molecule has 0 radical (unpaired) electrons. The largest absolute Gasteiger partial charge is 0.312 e. The first kappa shape index (κ1) is 10.2. The summed E-state index contributed by atoms with van der Waals surface area (Å²) < 4.78 is 5.34. The predicted molar refractivity (Wildman–Crippen MR) is 61.9 cm³/mol. The van der Waals surface area contributed by atoms with Crippen LogP contribution >= 0.6 is 23.0 Å². The first-order valence-electron chi connectivity index (χ1n) is 5.31. The fraction of sp³-hybridized carbons (Fsp3) is 1.00. The van der Waals surface area contributed by atoms with E-state index in [1.165, 1.54) is 38.8 Å². The molecule has 1 saturated heterocycles. The summed E-state index contributed by atoms with van der Waals surface area (Å²) in [6.07, 6.45) is 5.76. The number of hydrogen-bond donors (Lipinski definition) is 0. The second-order valence-corrected chi connectivity index (χ2v) is 5.09. The molecule has 0 N–H and O–H groups in total. The normalized spacial score (nSPS) is 37.4. The van der Waals surface area contributed by atoms with Crippen molar-refractivity contribution in [2.75, 3.05) is 13.1 Å². The minimum Gasteiger partial charge on any atom is -0.312 e. The van der Waals surface area contributed by atoms with Crippen LogP contribution in [0.5, 0.6) is 0 Å². The predicted octanol–water partition coefficient (Wildman–Crippen LogP) is 2.62. The average Bonchev–Trinajstić information content (AvgIpc) is 2.13. The molecule has 0 unspecified atom stereocenters. The Kier molecular flexibility index (Phi) is 3.48. The molecule has 1 heterocycles. The zero-order valence-corrected chi connectivity index (χ0v) is 10.4. The summed E-state index contributed by atoms with van der Waals surface area (Å²) >= 11 is 2.04. The Labute approximate surface area is 94.7 Å². The molecule has 2 nitrogen and oxygen atoms in total. The van der Waals surface area contributed by atoms with Gasteiger partial charge in [-0.3, -0.25) is 4.90 Å². The van der Waals surface area contributed by atoms with E-state index in [1.807, 2.05) is 23.0 Å². The molecular weight excluding hydrogens is 277 g/mol. The lowest BCUT2D eigenvalue weighted by molar-refractivity contribution is 0.0283.